The summed E-state index contributed by atoms with van der Waals surface area (Å²) in [4.78, 5) is 17.1. The second kappa shape index (κ2) is 6.22. The molecule has 114 valence electrons. The van der Waals surface area contributed by atoms with Crippen LogP contribution in [0.2, 0.25) is 0 Å². The van der Waals surface area contributed by atoms with Crippen LogP contribution in [0.15, 0.2) is 6.07 Å². The molecule has 0 bridgehead atoms. The summed E-state index contributed by atoms with van der Waals surface area (Å²) in [5.41, 5.74) is 3.08. The van der Waals surface area contributed by atoms with Gasteiger partial charge < -0.3 is 10.1 Å². The number of nitrogens with one attached hydrogen (secondary N) is 1. The van der Waals surface area contributed by atoms with E-state index in [9.17, 15) is 4.79 Å². The van der Waals surface area contributed by atoms with Crippen molar-refractivity contribution in [1.29, 1.82) is 0 Å². The minimum absolute atomic E-state index is 0.113. The van der Waals surface area contributed by atoms with E-state index in [1.165, 1.54) is 0 Å². The van der Waals surface area contributed by atoms with Gasteiger partial charge in [0.05, 0.1) is 23.3 Å². The van der Waals surface area contributed by atoms with Crippen LogP contribution in [0.1, 0.15) is 41.5 Å². The first-order valence-electron chi connectivity index (χ1n) is 7.07. The molecule has 0 unspecified atom stereocenters. The highest BCUT2D eigenvalue weighted by Gasteiger charge is 2.19. The molecule has 6 heteroatoms. The first kappa shape index (κ1) is 15.4. The van der Waals surface area contributed by atoms with Crippen LogP contribution >= 0.6 is 0 Å². The largest absolute Gasteiger partial charge is 0.383 e. The van der Waals surface area contributed by atoms with Gasteiger partial charge in [0, 0.05) is 26.4 Å². The summed E-state index contributed by atoms with van der Waals surface area (Å²) in [5.74, 6) is 0.132. The van der Waals surface area contributed by atoms with Gasteiger partial charge in [-0.05, 0) is 18.9 Å². The number of hydrogen-bond acceptors (Lipinski definition) is 4. The van der Waals surface area contributed by atoms with Crippen molar-refractivity contribution in [1.82, 2.24) is 20.1 Å². The Morgan fingerprint density at radius 2 is 2.19 bits per heavy atom. The summed E-state index contributed by atoms with van der Waals surface area (Å²) in [6.07, 6.45) is 0. The molecule has 0 saturated heterocycles. The number of ether oxygens (including phenoxy) is 1. The van der Waals surface area contributed by atoms with E-state index in [4.69, 9.17) is 4.74 Å². The van der Waals surface area contributed by atoms with Gasteiger partial charge in [-0.25, -0.2) is 4.98 Å². The summed E-state index contributed by atoms with van der Waals surface area (Å²) < 4.78 is 6.69. The zero-order valence-corrected chi connectivity index (χ0v) is 13.2. The predicted octanol–water partition coefficient (Wildman–Crippen LogP) is 1.78. The van der Waals surface area contributed by atoms with Crippen molar-refractivity contribution in [3.05, 3.63) is 23.0 Å². The Labute approximate surface area is 124 Å². The molecule has 0 aliphatic rings. The van der Waals surface area contributed by atoms with Gasteiger partial charge in [-0.2, -0.15) is 5.10 Å². The number of aromatic nitrogens is 3. The second-order valence-electron chi connectivity index (χ2n) is 5.41. The van der Waals surface area contributed by atoms with E-state index in [2.05, 4.69) is 29.2 Å². The van der Waals surface area contributed by atoms with Crippen LogP contribution in [0.4, 0.5) is 0 Å². The van der Waals surface area contributed by atoms with Crippen LogP contribution in [0.5, 0.6) is 0 Å². The van der Waals surface area contributed by atoms with Gasteiger partial charge in [-0.15, -0.1) is 0 Å². The molecule has 0 atom stereocenters. The van der Waals surface area contributed by atoms with Crippen molar-refractivity contribution in [2.24, 2.45) is 7.05 Å². The maximum atomic E-state index is 12.4. The number of amides is 1. The molecule has 0 spiro atoms. The lowest BCUT2D eigenvalue weighted by molar-refractivity contribution is 0.0938. The Hall–Kier alpha value is -1.95. The van der Waals surface area contributed by atoms with Crippen molar-refractivity contribution in [2.45, 2.75) is 26.7 Å². The first-order valence-corrected chi connectivity index (χ1v) is 7.07. The molecule has 2 heterocycles. The van der Waals surface area contributed by atoms with E-state index in [1.54, 1.807) is 11.8 Å². The molecule has 0 aliphatic heterocycles. The Balaban J connectivity index is 2.51. The lowest BCUT2D eigenvalue weighted by Gasteiger charge is -2.10. The molecular formula is C15H22N4O2. The standard InChI is InChI=1S/C15H22N4O2/c1-9(2)12-8-11(15(20)16-6-7-21-5)13-10(3)18-19(4)14(13)17-12/h8-9H,6-7H2,1-5H3,(H,16,20). The molecule has 1 N–H and O–H groups in total. The Morgan fingerprint density at radius 3 is 2.81 bits per heavy atom. The van der Waals surface area contributed by atoms with Crippen LogP contribution in [0, 0.1) is 6.92 Å². The zero-order chi connectivity index (χ0) is 15.6. The monoisotopic (exact) mass is 290 g/mol. The SMILES string of the molecule is COCCNC(=O)c1cc(C(C)C)nc2c1c(C)nn2C. The molecule has 0 aliphatic carbocycles. The van der Waals surface area contributed by atoms with Gasteiger partial charge in [-0.1, -0.05) is 13.8 Å². The van der Waals surface area contributed by atoms with E-state index >= 15 is 0 Å². The average Bonchev–Trinajstić information content (AvgIpc) is 2.73. The molecule has 0 radical (unpaired) electrons. The summed E-state index contributed by atoms with van der Waals surface area (Å²) in [6.45, 7) is 6.98. The van der Waals surface area contributed by atoms with Gasteiger partial charge in [0.1, 0.15) is 0 Å². The van der Waals surface area contributed by atoms with Crippen molar-refractivity contribution in [3.63, 3.8) is 0 Å². The fourth-order valence-corrected chi connectivity index (χ4v) is 2.30. The quantitative estimate of drug-likeness (QED) is 0.852. The van der Waals surface area contributed by atoms with Crippen LogP contribution in [-0.4, -0.2) is 40.9 Å². The van der Waals surface area contributed by atoms with Crippen LogP contribution in [0.25, 0.3) is 11.0 Å². The lowest BCUT2D eigenvalue weighted by Crippen LogP contribution is -2.27. The van der Waals surface area contributed by atoms with Crippen LogP contribution in [0.3, 0.4) is 0 Å². The first-order chi connectivity index (χ1) is 9.95. The van der Waals surface area contributed by atoms with Crippen LogP contribution < -0.4 is 5.32 Å². The van der Waals surface area contributed by atoms with Crippen molar-refractivity contribution in [2.75, 3.05) is 20.3 Å². The fourth-order valence-electron chi connectivity index (χ4n) is 2.30. The number of methoxy groups -OCH3 is 1. The predicted molar refractivity (Wildman–Crippen MR) is 81.5 cm³/mol. The highest BCUT2D eigenvalue weighted by molar-refractivity contribution is 6.06. The van der Waals surface area contributed by atoms with E-state index in [0.29, 0.717) is 18.7 Å². The minimum atomic E-state index is -0.113. The third-order valence-electron chi connectivity index (χ3n) is 3.42. The van der Waals surface area contributed by atoms with E-state index < -0.39 is 0 Å². The van der Waals surface area contributed by atoms with Crippen molar-refractivity contribution < 1.29 is 9.53 Å². The number of aryl methyl sites for hydroxylation is 2. The number of nitrogens with zero attached hydrogens (tertiary/aromatic N) is 3. The smallest absolute Gasteiger partial charge is 0.252 e. The second-order valence-corrected chi connectivity index (χ2v) is 5.41. The molecule has 2 aromatic heterocycles. The van der Waals surface area contributed by atoms with Gasteiger partial charge in [0.2, 0.25) is 0 Å². The molecule has 6 nitrogen and oxygen atoms in total. The molecule has 0 fully saturated rings. The van der Waals surface area contributed by atoms with E-state index in [-0.39, 0.29) is 11.8 Å². The van der Waals surface area contributed by atoms with Gasteiger partial charge >= 0.3 is 0 Å². The summed E-state index contributed by atoms with van der Waals surface area (Å²) in [6, 6.07) is 1.86. The topological polar surface area (TPSA) is 69.0 Å². The minimum Gasteiger partial charge on any atom is -0.383 e. The molecular weight excluding hydrogens is 268 g/mol. The van der Waals surface area contributed by atoms with E-state index in [1.807, 2.05) is 20.0 Å². The molecule has 1 amide bonds. The maximum Gasteiger partial charge on any atom is 0.252 e. The normalized spacial score (nSPS) is 11.3. The van der Waals surface area contributed by atoms with E-state index in [0.717, 1.165) is 22.4 Å². The fraction of sp³-hybridized carbons (Fsp3) is 0.533. The molecule has 21 heavy (non-hydrogen) atoms. The molecule has 0 saturated carbocycles. The van der Waals surface area contributed by atoms with Gasteiger partial charge in [0.25, 0.3) is 5.91 Å². The number of carbonyl (C=O) groups excluding carboxylic acids is 1. The van der Waals surface area contributed by atoms with Crippen LogP contribution in [-0.2, 0) is 11.8 Å². The number of carbonyl (C=O) groups is 1. The highest BCUT2D eigenvalue weighted by atomic mass is 16.5. The number of pyridine rings is 1. The van der Waals surface area contributed by atoms with Crippen molar-refractivity contribution >= 4 is 16.9 Å². The molecule has 2 aromatic rings. The molecule has 0 aromatic carbocycles. The number of hydrogen-bond donors (Lipinski definition) is 1. The van der Waals surface area contributed by atoms with Gasteiger partial charge in [0.15, 0.2) is 5.65 Å². The summed E-state index contributed by atoms with van der Waals surface area (Å²) >= 11 is 0. The zero-order valence-electron chi connectivity index (χ0n) is 13.2. The highest BCUT2D eigenvalue weighted by Crippen LogP contribution is 2.24. The summed E-state index contributed by atoms with van der Waals surface area (Å²) in [5, 5.41) is 8.06. The Bertz CT molecular complexity index is 661. The van der Waals surface area contributed by atoms with Crippen molar-refractivity contribution in [3.8, 4) is 0 Å². The Kier molecular flexibility index (Phi) is 4.57. The molecule has 2 rings (SSSR count). The average molecular weight is 290 g/mol. The maximum absolute atomic E-state index is 12.4. The van der Waals surface area contributed by atoms with Gasteiger partial charge in [-0.3, -0.25) is 9.48 Å². The lowest BCUT2D eigenvalue weighted by atomic mass is 10.0. The third-order valence-corrected chi connectivity index (χ3v) is 3.42. The number of rotatable bonds is 5. The Morgan fingerprint density at radius 1 is 1.48 bits per heavy atom. The third kappa shape index (κ3) is 3.05. The number of fused-ring (bicyclic) bond motifs is 1. The summed E-state index contributed by atoms with van der Waals surface area (Å²) in [7, 11) is 3.46.